The van der Waals surface area contributed by atoms with Crippen LogP contribution in [0.1, 0.15) is 45.4 Å². The van der Waals surface area contributed by atoms with E-state index in [0.717, 1.165) is 18.4 Å². The first-order valence-corrected chi connectivity index (χ1v) is 6.63. The summed E-state index contributed by atoms with van der Waals surface area (Å²) in [4.78, 5) is 0. The van der Waals surface area contributed by atoms with E-state index in [1.54, 1.807) is 0 Å². The Morgan fingerprint density at radius 1 is 1.20 bits per heavy atom. The standard InChI is InChI=1S/C13H24N2/c1-2-15-9-12-4-10-3-11(5-12)7-13(14,6-10)8-12/h10-11,15H,2-9,14H2,1H3. The van der Waals surface area contributed by atoms with Crippen molar-refractivity contribution >= 4 is 0 Å². The number of nitrogens with two attached hydrogens (primary N) is 1. The van der Waals surface area contributed by atoms with Crippen LogP contribution in [-0.4, -0.2) is 18.6 Å². The van der Waals surface area contributed by atoms with E-state index in [0.29, 0.717) is 5.41 Å². The number of hydrogen-bond donors (Lipinski definition) is 2. The molecule has 0 aliphatic heterocycles. The molecule has 0 spiro atoms. The van der Waals surface area contributed by atoms with Crippen molar-refractivity contribution in [2.75, 3.05) is 13.1 Å². The molecule has 3 N–H and O–H groups in total. The summed E-state index contributed by atoms with van der Waals surface area (Å²) in [6.07, 6.45) is 8.31. The van der Waals surface area contributed by atoms with Crippen molar-refractivity contribution in [3.05, 3.63) is 0 Å². The van der Waals surface area contributed by atoms with Gasteiger partial charge in [-0.15, -0.1) is 0 Å². The zero-order valence-electron chi connectivity index (χ0n) is 9.89. The molecule has 2 atom stereocenters. The third-order valence-corrected chi connectivity index (χ3v) is 4.98. The molecule has 2 heteroatoms. The largest absolute Gasteiger partial charge is 0.325 e. The molecule has 2 nitrogen and oxygen atoms in total. The van der Waals surface area contributed by atoms with Crippen molar-refractivity contribution < 1.29 is 0 Å². The fraction of sp³-hybridized carbons (Fsp3) is 1.00. The highest BCUT2D eigenvalue weighted by Gasteiger charge is 2.55. The van der Waals surface area contributed by atoms with Gasteiger partial charge in [0.05, 0.1) is 0 Å². The summed E-state index contributed by atoms with van der Waals surface area (Å²) < 4.78 is 0. The Kier molecular flexibility index (Phi) is 2.16. The van der Waals surface area contributed by atoms with Gasteiger partial charge in [0, 0.05) is 12.1 Å². The molecule has 4 saturated carbocycles. The molecule has 0 aromatic rings. The molecule has 2 unspecified atom stereocenters. The van der Waals surface area contributed by atoms with Gasteiger partial charge < -0.3 is 11.1 Å². The Bertz CT molecular complexity index is 247. The molecule has 4 fully saturated rings. The van der Waals surface area contributed by atoms with E-state index in [1.165, 1.54) is 45.1 Å². The molecule has 0 heterocycles. The van der Waals surface area contributed by atoms with Crippen molar-refractivity contribution in [3.63, 3.8) is 0 Å². The van der Waals surface area contributed by atoms with Crippen LogP contribution in [0.2, 0.25) is 0 Å². The zero-order valence-corrected chi connectivity index (χ0v) is 9.89. The van der Waals surface area contributed by atoms with E-state index < -0.39 is 0 Å². The quantitative estimate of drug-likeness (QED) is 0.743. The molecule has 15 heavy (non-hydrogen) atoms. The van der Waals surface area contributed by atoms with Crippen LogP contribution in [-0.2, 0) is 0 Å². The smallest absolute Gasteiger partial charge is 0.0165 e. The van der Waals surface area contributed by atoms with Crippen molar-refractivity contribution in [2.24, 2.45) is 23.0 Å². The van der Waals surface area contributed by atoms with Crippen LogP contribution in [0.3, 0.4) is 0 Å². The highest BCUT2D eigenvalue weighted by molar-refractivity contribution is 5.10. The fourth-order valence-electron chi connectivity index (χ4n) is 5.12. The Morgan fingerprint density at radius 2 is 1.87 bits per heavy atom. The minimum absolute atomic E-state index is 0.222. The first-order chi connectivity index (χ1) is 7.13. The Morgan fingerprint density at radius 3 is 2.40 bits per heavy atom. The SMILES string of the molecule is CCNCC12CC3CC(CC(N)(C3)C1)C2. The lowest BCUT2D eigenvalue weighted by Gasteiger charge is -2.61. The number of rotatable bonds is 3. The van der Waals surface area contributed by atoms with Crippen molar-refractivity contribution in [2.45, 2.75) is 51.0 Å². The van der Waals surface area contributed by atoms with Gasteiger partial charge >= 0.3 is 0 Å². The summed E-state index contributed by atoms with van der Waals surface area (Å²) >= 11 is 0. The summed E-state index contributed by atoms with van der Waals surface area (Å²) in [5.41, 5.74) is 7.35. The van der Waals surface area contributed by atoms with Crippen LogP contribution < -0.4 is 11.1 Å². The average Bonchev–Trinajstić information content (AvgIpc) is 2.10. The molecule has 0 aromatic heterocycles. The summed E-state index contributed by atoms with van der Waals surface area (Å²) in [6, 6.07) is 0. The van der Waals surface area contributed by atoms with Crippen LogP contribution in [0.15, 0.2) is 0 Å². The highest BCUT2D eigenvalue weighted by Crippen LogP contribution is 2.60. The fourth-order valence-corrected chi connectivity index (χ4v) is 5.12. The summed E-state index contributed by atoms with van der Waals surface area (Å²) in [5.74, 6) is 1.91. The first kappa shape index (κ1) is 10.1. The molecule has 4 bridgehead atoms. The molecule has 0 amide bonds. The molecule has 0 radical (unpaired) electrons. The third kappa shape index (κ3) is 1.62. The summed E-state index contributed by atoms with van der Waals surface area (Å²) in [7, 11) is 0. The molecular weight excluding hydrogens is 184 g/mol. The number of nitrogens with one attached hydrogen (secondary N) is 1. The lowest BCUT2D eigenvalue weighted by Crippen LogP contribution is -2.62. The number of hydrogen-bond acceptors (Lipinski definition) is 2. The van der Waals surface area contributed by atoms with Crippen molar-refractivity contribution in [3.8, 4) is 0 Å². The predicted octanol–water partition coefficient (Wildman–Crippen LogP) is 1.89. The van der Waals surface area contributed by atoms with E-state index in [9.17, 15) is 0 Å². The molecular formula is C13H24N2. The topological polar surface area (TPSA) is 38.0 Å². The first-order valence-electron chi connectivity index (χ1n) is 6.63. The highest BCUT2D eigenvalue weighted by atomic mass is 14.9. The van der Waals surface area contributed by atoms with Gasteiger partial charge in [0.25, 0.3) is 0 Å². The molecule has 4 aliphatic rings. The van der Waals surface area contributed by atoms with Gasteiger partial charge in [0.1, 0.15) is 0 Å². The Hall–Kier alpha value is -0.0800. The monoisotopic (exact) mass is 208 g/mol. The minimum atomic E-state index is 0.222. The molecule has 4 aliphatic carbocycles. The predicted molar refractivity (Wildman–Crippen MR) is 62.6 cm³/mol. The second-order valence-corrected chi connectivity index (χ2v) is 6.60. The molecule has 4 rings (SSSR count). The molecule has 0 saturated heterocycles. The summed E-state index contributed by atoms with van der Waals surface area (Å²) in [6.45, 7) is 4.53. The van der Waals surface area contributed by atoms with Crippen LogP contribution in [0, 0.1) is 17.3 Å². The lowest BCUT2D eigenvalue weighted by molar-refractivity contribution is -0.0653. The van der Waals surface area contributed by atoms with Crippen LogP contribution in [0.5, 0.6) is 0 Å². The maximum atomic E-state index is 6.55. The third-order valence-electron chi connectivity index (χ3n) is 4.98. The van der Waals surface area contributed by atoms with Gasteiger partial charge in [0.2, 0.25) is 0 Å². The van der Waals surface area contributed by atoms with Crippen LogP contribution in [0.4, 0.5) is 0 Å². The maximum absolute atomic E-state index is 6.55. The molecule has 0 aromatic carbocycles. The van der Waals surface area contributed by atoms with E-state index >= 15 is 0 Å². The summed E-state index contributed by atoms with van der Waals surface area (Å²) in [5, 5.41) is 3.57. The van der Waals surface area contributed by atoms with Gasteiger partial charge in [0.15, 0.2) is 0 Å². The van der Waals surface area contributed by atoms with Gasteiger partial charge in [-0.2, -0.15) is 0 Å². The van der Waals surface area contributed by atoms with Gasteiger partial charge in [-0.3, -0.25) is 0 Å². The average molecular weight is 208 g/mol. The van der Waals surface area contributed by atoms with Crippen molar-refractivity contribution in [1.29, 1.82) is 0 Å². The van der Waals surface area contributed by atoms with Gasteiger partial charge in [-0.1, -0.05) is 6.92 Å². The van der Waals surface area contributed by atoms with Gasteiger partial charge in [-0.05, 0) is 62.3 Å². The Labute approximate surface area is 93.0 Å². The normalized spacial score (nSPS) is 52.4. The lowest BCUT2D eigenvalue weighted by atomic mass is 9.47. The van der Waals surface area contributed by atoms with Gasteiger partial charge in [-0.25, -0.2) is 0 Å². The Balaban J connectivity index is 1.80. The van der Waals surface area contributed by atoms with Crippen LogP contribution in [0.25, 0.3) is 0 Å². The second-order valence-electron chi connectivity index (χ2n) is 6.60. The molecule has 86 valence electrons. The van der Waals surface area contributed by atoms with E-state index in [4.69, 9.17) is 5.73 Å². The minimum Gasteiger partial charge on any atom is -0.325 e. The van der Waals surface area contributed by atoms with E-state index in [2.05, 4.69) is 12.2 Å². The maximum Gasteiger partial charge on any atom is 0.0165 e. The second kappa shape index (κ2) is 3.21. The van der Waals surface area contributed by atoms with Crippen LogP contribution >= 0.6 is 0 Å². The van der Waals surface area contributed by atoms with E-state index in [-0.39, 0.29) is 5.54 Å². The van der Waals surface area contributed by atoms with E-state index in [1.807, 2.05) is 0 Å². The van der Waals surface area contributed by atoms with Crippen molar-refractivity contribution in [1.82, 2.24) is 5.32 Å². The zero-order chi connectivity index (χ0) is 10.5.